The van der Waals surface area contributed by atoms with Crippen LogP contribution in [0.3, 0.4) is 0 Å². The zero-order valence-corrected chi connectivity index (χ0v) is 17.8. The number of hydrogen-bond acceptors (Lipinski definition) is 5. The number of carbonyl (C=O) groups is 2. The molecular formula is C22H24N2O5S. The van der Waals surface area contributed by atoms with Crippen LogP contribution in [-0.4, -0.2) is 39.7 Å². The molecule has 2 aromatic rings. The molecule has 1 saturated carbocycles. The number of rotatable bonds is 6. The van der Waals surface area contributed by atoms with Crippen LogP contribution in [0.2, 0.25) is 0 Å². The van der Waals surface area contributed by atoms with Gasteiger partial charge in [-0.05, 0) is 67.6 Å². The second-order valence-corrected chi connectivity index (χ2v) is 9.67. The van der Waals surface area contributed by atoms with Crippen LogP contribution in [0.25, 0.3) is 0 Å². The minimum absolute atomic E-state index is 0.192. The molecule has 0 atom stereocenters. The van der Waals surface area contributed by atoms with E-state index in [0.29, 0.717) is 36.5 Å². The molecule has 7 nitrogen and oxygen atoms in total. The predicted molar refractivity (Wildman–Crippen MR) is 114 cm³/mol. The fourth-order valence-corrected chi connectivity index (χ4v) is 4.90. The van der Waals surface area contributed by atoms with Crippen LogP contribution in [-0.2, 0) is 31.4 Å². The van der Waals surface area contributed by atoms with Crippen LogP contribution in [0.1, 0.15) is 41.3 Å². The minimum Gasteiger partial charge on any atom is -0.465 e. The fraction of sp³-hybridized carbons (Fsp3) is 0.364. The van der Waals surface area contributed by atoms with E-state index in [1.165, 1.54) is 10.6 Å². The average molecular weight is 429 g/mol. The Hall–Kier alpha value is -2.87. The summed E-state index contributed by atoms with van der Waals surface area (Å²) in [6.07, 6.45) is 3.31. The third-order valence-electron chi connectivity index (χ3n) is 5.71. The Labute approximate surface area is 176 Å². The molecule has 0 unspecified atom stereocenters. The Morgan fingerprint density at radius 1 is 1.13 bits per heavy atom. The number of anilines is 2. The van der Waals surface area contributed by atoms with E-state index in [1.807, 2.05) is 12.1 Å². The maximum Gasteiger partial charge on any atom is 0.316 e. The van der Waals surface area contributed by atoms with Gasteiger partial charge in [-0.3, -0.25) is 13.9 Å². The maximum absolute atomic E-state index is 12.7. The molecule has 1 N–H and O–H groups in total. The summed E-state index contributed by atoms with van der Waals surface area (Å²) in [7, 11) is -3.32. The van der Waals surface area contributed by atoms with Gasteiger partial charge in [0.15, 0.2) is 0 Å². The summed E-state index contributed by atoms with van der Waals surface area (Å²) in [6.45, 7) is 2.55. The molecule has 4 rings (SSSR count). The first-order chi connectivity index (χ1) is 14.2. The normalized spacial score (nSPS) is 16.7. The number of nitrogens with one attached hydrogen (secondary N) is 1. The van der Waals surface area contributed by atoms with E-state index in [4.69, 9.17) is 4.74 Å². The van der Waals surface area contributed by atoms with E-state index in [9.17, 15) is 18.0 Å². The molecule has 1 aliphatic heterocycles. The lowest BCUT2D eigenvalue weighted by molar-refractivity contribution is -0.146. The van der Waals surface area contributed by atoms with Crippen molar-refractivity contribution in [2.45, 2.75) is 31.6 Å². The van der Waals surface area contributed by atoms with Crippen LogP contribution < -0.4 is 9.62 Å². The van der Waals surface area contributed by atoms with E-state index in [1.54, 1.807) is 37.3 Å². The van der Waals surface area contributed by atoms with Gasteiger partial charge in [-0.2, -0.15) is 0 Å². The van der Waals surface area contributed by atoms with Crippen molar-refractivity contribution in [1.82, 2.24) is 0 Å². The number of amides is 1. The number of benzene rings is 2. The van der Waals surface area contributed by atoms with E-state index in [-0.39, 0.29) is 11.9 Å². The first-order valence-electron chi connectivity index (χ1n) is 9.94. The molecule has 0 radical (unpaired) electrons. The van der Waals surface area contributed by atoms with Crippen molar-refractivity contribution in [3.05, 3.63) is 59.2 Å². The summed E-state index contributed by atoms with van der Waals surface area (Å²) < 4.78 is 30.3. The molecule has 2 aromatic carbocycles. The van der Waals surface area contributed by atoms with Gasteiger partial charge in [0.2, 0.25) is 10.0 Å². The van der Waals surface area contributed by atoms with E-state index < -0.39 is 15.4 Å². The molecule has 0 aromatic heterocycles. The van der Waals surface area contributed by atoms with Gasteiger partial charge in [-0.15, -0.1) is 0 Å². The van der Waals surface area contributed by atoms with Crippen LogP contribution in [0.15, 0.2) is 42.5 Å². The summed E-state index contributed by atoms with van der Waals surface area (Å²) in [4.78, 5) is 24.9. The van der Waals surface area contributed by atoms with Gasteiger partial charge in [-0.25, -0.2) is 8.42 Å². The zero-order valence-electron chi connectivity index (χ0n) is 17.0. The molecule has 1 amide bonds. The van der Waals surface area contributed by atoms with E-state index >= 15 is 0 Å². The van der Waals surface area contributed by atoms with Crippen LogP contribution in [0, 0.1) is 0 Å². The van der Waals surface area contributed by atoms with Gasteiger partial charge >= 0.3 is 5.97 Å². The van der Waals surface area contributed by atoms with Gasteiger partial charge in [0.05, 0.1) is 24.0 Å². The molecule has 1 fully saturated rings. The Balaban J connectivity index is 1.47. The summed E-state index contributed by atoms with van der Waals surface area (Å²) in [5, 5.41) is 2.86. The van der Waals surface area contributed by atoms with Crippen molar-refractivity contribution in [2.75, 3.05) is 29.0 Å². The number of fused-ring (bicyclic) bond motifs is 1. The lowest BCUT2D eigenvalue weighted by Gasteiger charge is -2.16. The van der Waals surface area contributed by atoms with Crippen LogP contribution in [0.4, 0.5) is 11.4 Å². The molecule has 30 heavy (non-hydrogen) atoms. The molecule has 158 valence electrons. The van der Waals surface area contributed by atoms with Crippen molar-refractivity contribution in [1.29, 1.82) is 0 Å². The Kier molecular flexibility index (Phi) is 5.05. The molecular weight excluding hydrogens is 404 g/mol. The second-order valence-electron chi connectivity index (χ2n) is 7.76. The Bertz CT molecular complexity index is 1100. The van der Waals surface area contributed by atoms with Gasteiger partial charge < -0.3 is 10.1 Å². The number of hydrogen-bond donors (Lipinski definition) is 1. The highest BCUT2D eigenvalue weighted by Gasteiger charge is 2.52. The van der Waals surface area contributed by atoms with E-state index in [0.717, 1.165) is 24.0 Å². The molecule has 1 aliphatic carbocycles. The van der Waals surface area contributed by atoms with Gasteiger partial charge in [-0.1, -0.05) is 12.1 Å². The lowest BCUT2D eigenvalue weighted by Crippen LogP contribution is -2.27. The fourth-order valence-electron chi connectivity index (χ4n) is 3.94. The standard InChI is InChI=1S/C22H24N2O5S/c1-3-29-21(26)22(11-12-22)17-5-7-18(8-6-17)23-20(25)16-4-9-19-15(14-16)10-13-24(19)30(2,27)28/h4-9,14H,3,10-13H2,1-2H3,(H,23,25). The third-order valence-corrected chi connectivity index (χ3v) is 6.89. The summed E-state index contributed by atoms with van der Waals surface area (Å²) in [5.74, 6) is -0.460. The highest BCUT2D eigenvalue weighted by atomic mass is 32.2. The highest BCUT2D eigenvalue weighted by Crippen LogP contribution is 2.49. The predicted octanol–water partition coefficient (Wildman–Crippen LogP) is 2.86. The first kappa shape index (κ1) is 20.4. The average Bonchev–Trinajstić information content (AvgIpc) is 3.40. The first-order valence-corrected chi connectivity index (χ1v) is 11.8. The molecule has 0 bridgehead atoms. The van der Waals surface area contributed by atoms with Gasteiger partial charge in [0.1, 0.15) is 0 Å². The lowest BCUT2D eigenvalue weighted by atomic mass is 9.96. The SMILES string of the molecule is CCOC(=O)C1(c2ccc(NC(=O)c3ccc4c(c3)CCN4S(C)(=O)=O)cc2)CC1. The van der Waals surface area contributed by atoms with Crippen molar-refractivity contribution in [2.24, 2.45) is 0 Å². The van der Waals surface area contributed by atoms with Gasteiger partial charge in [0.25, 0.3) is 5.91 Å². The largest absolute Gasteiger partial charge is 0.465 e. The summed E-state index contributed by atoms with van der Waals surface area (Å²) in [5.41, 5.74) is 2.93. The topological polar surface area (TPSA) is 92.8 Å². The third kappa shape index (κ3) is 3.67. The number of ether oxygens (including phenoxy) is 1. The quantitative estimate of drug-likeness (QED) is 0.714. The summed E-state index contributed by atoms with van der Waals surface area (Å²) in [6, 6.07) is 12.3. The molecule has 0 saturated heterocycles. The van der Waals surface area contributed by atoms with Gasteiger partial charge in [0, 0.05) is 17.8 Å². The number of esters is 1. The minimum atomic E-state index is -3.32. The zero-order chi connectivity index (χ0) is 21.5. The molecule has 0 spiro atoms. The number of nitrogens with zero attached hydrogens (tertiary/aromatic N) is 1. The number of carbonyl (C=O) groups excluding carboxylic acids is 2. The van der Waals surface area contributed by atoms with Crippen LogP contribution >= 0.6 is 0 Å². The van der Waals surface area contributed by atoms with Crippen molar-refractivity contribution in [3.8, 4) is 0 Å². The van der Waals surface area contributed by atoms with E-state index in [2.05, 4.69) is 5.32 Å². The smallest absolute Gasteiger partial charge is 0.316 e. The Morgan fingerprint density at radius 3 is 2.43 bits per heavy atom. The molecule has 2 aliphatic rings. The molecule has 8 heteroatoms. The highest BCUT2D eigenvalue weighted by molar-refractivity contribution is 7.92. The van der Waals surface area contributed by atoms with Crippen molar-refractivity contribution >= 4 is 33.3 Å². The monoisotopic (exact) mass is 428 g/mol. The molecule has 1 heterocycles. The summed E-state index contributed by atoms with van der Waals surface area (Å²) >= 11 is 0. The van der Waals surface area contributed by atoms with Crippen LogP contribution in [0.5, 0.6) is 0 Å². The van der Waals surface area contributed by atoms with Crippen molar-refractivity contribution in [3.63, 3.8) is 0 Å². The number of sulfonamides is 1. The van der Waals surface area contributed by atoms with Crippen molar-refractivity contribution < 1.29 is 22.7 Å². The second kappa shape index (κ2) is 7.43. The maximum atomic E-state index is 12.7. The Morgan fingerprint density at radius 2 is 1.83 bits per heavy atom.